The Kier molecular flexibility index (Phi) is 6.34. The number of nitrogen functional groups attached to an aromatic ring is 1. The first-order valence-electron chi connectivity index (χ1n) is 8.50. The standard InChI is InChI=1S/C18H23FN4O2/c1-11(22-16(24)9-12-5-3-2-4-6-12)18(25)23-15-8-7-14(19)13(10-20)17(15)21/h7-8,11-12H,2-6,9,21H2,1H3,(H,22,24)(H,23,25). The van der Waals surface area contributed by atoms with Crippen LogP contribution >= 0.6 is 0 Å². The molecule has 1 fully saturated rings. The van der Waals surface area contributed by atoms with Crippen LogP contribution in [-0.2, 0) is 9.59 Å². The van der Waals surface area contributed by atoms with Gasteiger partial charge in [-0.3, -0.25) is 9.59 Å². The van der Waals surface area contributed by atoms with Gasteiger partial charge in [-0.25, -0.2) is 4.39 Å². The number of benzene rings is 1. The summed E-state index contributed by atoms with van der Waals surface area (Å²) in [6.45, 7) is 1.57. The Morgan fingerprint density at radius 3 is 2.68 bits per heavy atom. The van der Waals surface area contributed by atoms with E-state index in [9.17, 15) is 14.0 Å². The van der Waals surface area contributed by atoms with Crippen LogP contribution in [0.1, 0.15) is 51.0 Å². The Bertz CT molecular complexity index is 693. The van der Waals surface area contributed by atoms with Crippen LogP contribution in [0.5, 0.6) is 0 Å². The van der Waals surface area contributed by atoms with Crippen molar-refractivity contribution in [3.05, 3.63) is 23.5 Å². The van der Waals surface area contributed by atoms with Crippen molar-refractivity contribution in [2.24, 2.45) is 5.92 Å². The third kappa shape index (κ3) is 4.92. The second-order valence-corrected chi connectivity index (χ2v) is 6.48. The number of rotatable bonds is 5. The molecule has 4 N–H and O–H groups in total. The van der Waals surface area contributed by atoms with E-state index in [0.29, 0.717) is 12.3 Å². The molecule has 0 aliphatic heterocycles. The molecule has 2 rings (SSSR count). The van der Waals surface area contributed by atoms with E-state index in [4.69, 9.17) is 11.0 Å². The number of anilines is 2. The van der Waals surface area contributed by atoms with E-state index in [1.165, 1.54) is 12.5 Å². The van der Waals surface area contributed by atoms with Gasteiger partial charge in [0.1, 0.15) is 23.5 Å². The SMILES string of the molecule is CC(NC(=O)CC1CCCCC1)C(=O)Nc1ccc(F)c(C#N)c1N. The minimum atomic E-state index is -0.758. The largest absolute Gasteiger partial charge is 0.396 e. The molecule has 25 heavy (non-hydrogen) atoms. The van der Waals surface area contributed by atoms with E-state index in [1.54, 1.807) is 13.0 Å². The minimum Gasteiger partial charge on any atom is -0.396 e. The average Bonchev–Trinajstić information content (AvgIpc) is 2.58. The summed E-state index contributed by atoms with van der Waals surface area (Å²) in [6.07, 6.45) is 6.06. The first-order valence-corrected chi connectivity index (χ1v) is 8.50. The number of halogens is 1. The molecule has 0 bridgehead atoms. The fourth-order valence-electron chi connectivity index (χ4n) is 3.08. The van der Waals surface area contributed by atoms with Crippen LogP contribution in [0.2, 0.25) is 0 Å². The van der Waals surface area contributed by atoms with E-state index in [-0.39, 0.29) is 22.8 Å². The number of amides is 2. The lowest BCUT2D eigenvalue weighted by atomic mass is 9.87. The molecule has 2 amide bonds. The molecule has 1 atom stereocenters. The third-order valence-corrected chi connectivity index (χ3v) is 4.53. The average molecular weight is 346 g/mol. The number of hydrogen-bond donors (Lipinski definition) is 3. The topological polar surface area (TPSA) is 108 Å². The van der Waals surface area contributed by atoms with E-state index in [2.05, 4.69) is 10.6 Å². The normalized spacial score (nSPS) is 15.9. The number of hydrogen-bond acceptors (Lipinski definition) is 4. The Hall–Kier alpha value is -2.62. The van der Waals surface area contributed by atoms with Crippen molar-refractivity contribution < 1.29 is 14.0 Å². The first kappa shape index (κ1) is 18.7. The van der Waals surface area contributed by atoms with Crippen molar-refractivity contribution in [2.75, 3.05) is 11.1 Å². The Balaban J connectivity index is 1.92. The Morgan fingerprint density at radius 1 is 1.36 bits per heavy atom. The summed E-state index contributed by atoms with van der Waals surface area (Å²) in [5.74, 6) is -0.986. The maximum Gasteiger partial charge on any atom is 0.246 e. The van der Waals surface area contributed by atoms with E-state index in [0.717, 1.165) is 31.7 Å². The number of carbonyl (C=O) groups is 2. The molecule has 134 valence electrons. The van der Waals surface area contributed by atoms with Gasteiger partial charge >= 0.3 is 0 Å². The highest BCUT2D eigenvalue weighted by Crippen LogP contribution is 2.26. The summed E-state index contributed by atoms with van der Waals surface area (Å²) in [4.78, 5) is 24.3. The molecular weight excluding hydrogens is 323 g/mol. The number of nitrogens with one attached hydrogen (secondary N) is 2. The third-order valence-electron chi connectivity index (χ3n) is 4.53. The highest BCUT2D eigenvalue weighted by atomic mass is 19.1. The highest BCUT2D eigenvalue weighted by Gasteiger charge is 2.21. The predicted octanol–water partition coefficient (Wildman–Crippen LogP) is 2.69. The Labute approximate surface area is 146 Å². The highest BCUT2D eigenvalue weighted by molar-refractivity contribution is 5.99. The molecule has 0 heterocycles. The fraction of sp³-hybridized carbons (Fsp3) is 0.500. The van der Waals surface area contributed by atoms with E-state index < -0.39 is 17.8 Å². The first-order chi connectivity index (χ1) is 11.9. The minimum absolute atomic E-state index is 0.128. The molecule has 0 aromatic heterocycles. The zero-order valence-corrected chi connectivity index (χ0v) is 14.3. The van der Waals surface area contributed by atoms with Crippen molar-refractivity contribution in [1.82, 2.24) is 5.32 Å². The van der Waals surface area contributed by atoms with Crippen molar-refractivity contribution in [3.63, 3.8) is 0 Å². The summed E-state index contributed by atoms with van der Waals surface area (Å²) < 4.78 is 13.4. The molecule has 1 aliphatic rings. The summed E-state index contributed by atoms with van der Waals surface area (Å²) >= 11 is 0. The monoisotopic (exact) mass is 346 g/mol. The molecule has 1 aromatic rings. The summed E-state index contributed by atoms with van der Waals surface area (Å²) in [5.41, 5.74) is 5.41. The molecule has 1 unspecified atom stereocenters. The number of nitriles is 1. The van der Waals surface area contributed by atoms with Gasteiger partial charge in [-0.15, -0.1) is 0 Å². The van der Waals surface area contributed by atoms with Crippen LogP contribution in [0.15, 0.2) is 12.1 Å². The van der Waals surface area contributed by atoms with Crippen LogP contribution < -0.4 is 16.4 Å². The van der Waals surface area contributed by atoms with Crippen LogP contribution in [0.4, 0.5) is 15.8 Å². The van der Waals surface area contributed by atoms with Gasteiger partial charge in [-0.1, -0.05) is 19.3 Å². The maximum atomic E-state index is 13.4. The zero-order chi connectivity index (χ0) is 18.4. The maximum absolute atomic E-state index is 13.4. The van der Waals surface area contributed by atoms with Gasteiger partial charge in [-0.05, 0) is 37.8 Å². The van der Waals surface area contributed by atoms with Gasteiger partial charge < -0.3 is 16.4 Å². The van der Waals surface area contributed by atoms with Gasteiger partial charge in [0.25, 0.3) is 0 Å². The smallest absolute Gasteiger partial charge is 0.246 e. The van der Waals surface area contributed by atoms with Crippen LogP contribution in [0.3, 0.4) is 0 Å². The number of nitrogens with two attached hydrogens (primary N) is 1. The molecule has 1 aliphatic carbocycles. The molecular formula is C18H23FN4O2. The van der Waals surface area contributed by atoms with E-state index in [1.807, 2.05) is 0 Å². The molecule has 0 radical (unpaired) electrons. The van der Waals surface area contributed by atoms with Crippen LogP contribution in [-0.4, -0.2) is 17.9 Å². The molecule has 6 nitrogen and oxygen atoms in total. The van der Waals surface area contributed by atoms with Crippen molar-refractivity contribution >= 4 is 23.2 Å². The Morgan fingerprint density at radius 2 is 2.04 bits per heavy atom. The van der Waals surface area contributed by atoms with Crippen LogP contribution in [0, 0.1) is 23.1 Å². The van der Waals surface area contributed by atoms with Gasteiger partial charge in [-0.2, -0.15) is 5.26 Å². The lowest BCUT2D eigenvalue weighted by Crippen LogP contribution is -2.42. The van der Waals surface area contributed by atoms with Crippen molar-refractivity contribution in [3.8, 4) is 6.07 Å². The summed E-state index contributed by atoms with van der Waals surface area (Å²) in [7, 11) is 0. The molecule has 1 saturated carbocycles. The predicted molar refractivity (Wildman–Crippen MR) is 93.0 cm³/mol. The number of carbonyl (C=O) groups excluding carboxylic acids is 2. The second-order valence-electron chi connectivity index (χ2n) is 6.48. The van der Waals surface area contributed by atoms with Crippen molar-refractivity contribution in [2.45, 2.75) is 51.5 Å². The quantitative estimate of drug-likeness (QED) is 0.712. The lowest BCUT2D eigenvalue weighted by Gasteiger charge is -2.22. The molecule has 1 aromatic carbocycles. The van der Waals surface area contributed by atoms with Crippen LogP contribution in [0.25, 0.3) is 0 Å². The molecule has 0 saturated heterocycles. The fourth-order valence-corrected chi connectivity index (χ4v) is 3.08. The van der Waals surface area contributed by atoms with Gasteiger partial charge in [0.15, 0.2) is 0 Å². The van der Waals surface area contributed by atoms with Gasteiger partial charge in [0, 0.05) is 6.42 Å². The lowest BCUT2D eigenvalue weighted by molar-refractivity contribution is -0.126. The zero-order valence-electron chi connectivity index (χ0n) is 14.3. The number of nitrogens with zero attached hydrogens (tertiary/aromatic N) is 1. The summed E-state index contributed by atoms with van der Waals surface area (Å²) in [6, 6.07) is 3.26. The van der Waals surface area contributed by atoms with E-state index >= 15 is 0 Å². The second kappa shape index (κ2) is 8.47. The van der Waals surface area contributed by atoms with Gasteiger partial charge in [0.2, 0.25) is 11.8 Å². The molecule has 0 spiro atoms. The van der Waals surface area contributed by atoms with Crippen molar-refractivity contribution in [1.29, 1.82) is 5.26 Å². The summed E-state index contributed by atoms with van der Waals surface area (Å²) in [5, 5.41) is 14.1. The van der Waals surface area contributed by atoms with Gasteiger partial charge in [0.05, 0.1) is 11.4 Å². The molecule has 7 heteroatoms.